The molecule has 2 atom stereocenters. The summed E-state index contributed by atoms with van der Waals surface area (Å²) in [5, 5.41) is 0. The van der Waals surface area contributed by atoms with Gasteiger partial charge in [0.2, 0.25) is 0 Å². The fraction of sp³-hybridized carbons (Fsp3) is 0.810. The predicted molar refractivity (Wildman–Crippen MR) is 107 cm³/mol. The second-order valence-electron chi connectivity index (χ2n) is 8.12. The molecular formula is C21H38Cl2NSiTi-. The van der Waals surface area contributed by atoms with Crippen molar-refractivity contribution in [3.63, 3.8) is 0 Å². The average molecular weight is 451 g/mol. The third-order valence-electron chi connectivity index (χ3n) is 5.96. The van der Waals surface area contributed by atoms with Gasteiger partial charge in [0.1, 0.15) is 0 Å². The Morgan fingerprint density at radius 2 is 1.58 bits per heavy atom. The van der Waals surface area contributed by atoms with Crippen molar-refractivity contribution >= 4 is 7.63 Å². The monoisotopic (exact) mass is 450 g/mol. The molecule has 5 heteroatoms. The van der Waals surface area contributed by atoms with Crippen LogP contribution in [0.1, 0.15) is 84.5 Å². The number of fused-ring (bicyclic) bond motifs is 1. The van der Waals surface area contributed by atoms with Crippen molar-refractivity contribution < 1.29 is 44.0 Å². The van der Waals surface area contributed by atoms with Gasteiger partial charge in [-0.1, -0.05) is 82.6 Å². The summed E-state index contributed by atoms with van der Waals surface area (Å²) >= 11 is 2.03. The SMILES string of the molecule is CC(C)(CCCCCCCCC[NH-])C1CCC2CC=CC=C21.[Cl-].[Cl-].[SiH2]=[Ti+2]. The van der Waals surface area contributed by atoms with E-state index in [9.17, 15) is 0 Å². The third kappa shape index (κ3) is 9.94. The van der Waals surface area contributed by atoms with Gasteiger partial charge >= 0.3 is 26.8 Å². The minimum absolute atomic E-state index is 0. The van der Waals surface area contributed by atoms with Gasteiger partial charge in [0, 0.05) is 0 Å². The summed E-state index contributed by atoms with van der Waals surface area (Å²) in [4.78, 5) is 0. The number of hydrogen-bond donors (Lipinski definition) is 0. The Balaban J connectivity index is 0. The van der Waals surface area contributed by atoms with Crippen LogP contribution in [0.4, 0.5) is 0 Å². The molecular weight excluding hydrogens is 413 g/mol. The summed E-state index contributed by atoms with van der Waals surface area (Å²) in [6.45, 7) is 5.63. The first-order valence-corrected chi connectivity index (χ1v) is 14.0. The minimum atomic E-state index is 0. The van der Waals surface area contributed by atoms with Crippen LogP contribution in [-0.2, 0) is 19.2 Å². The molecule has 0 amide bonds. The fourth-order valence-electron chi connectivity index (χ4n) is 4.52. The molecule has 0 aromatic rings. The molecule has 2 aliphatic rings. The molecule has 1 nitrogen and oxygen atoms in total. The Labute approximate surface area is 188 Å². The molecule has 2 unspecified atom stereocenters. The second-order valence-corrected chi connectivity index (χ2v) is 8.12. The average Bonchev–Trinajstić information content (AvgIpc) is 3.04. The molecule has 0 aliphatic heterocycles. The van der Waals surface area contributed by atoms with E-state index >= 15 is 0 Å². The molecule has 1 saturated carbocycles. The van der Waals surface area contributed by atoms with Crippen molar-refractivity contribution in [2.75, 3.05) is 6.54 Å². The Hall–Kier alpha value is 0.951. The molecule has 1 fully saturated rings. The van der Waals surface area contributed by atoms with E-state index in [2.05, 4.69) is 32.1 Å². The van der Waals surface area contributed by atoms with Crippen LogP contribution in [0.15, 0.2) is 23.8 Å². The van der Waals surface area contributed by atoms with Gasteiger partial charge < -0.3 is 30.5 Å². The van der Waals surface area contributed by atoms with E-state index in [0.29, 0.717) is 12.0 Å². The van der Waals surface area contributed by atoms with Crippen LogP contribution >= 0.6 is 0 Å². The quantitative estimate of drug-likeness (QED) is 0.335. The Morgan fingerprint density at radius 3 is 2.19 bits per heavy atom. The van der Waals surface area contributed by atoms with Crippen molar-refractivity contribution in [2.24, 2.45) is 17.3 Å². The fourth-order valence-corrected chi connectivity index (χ4v) is 4.52. The molecule has 26 heavy (non-hydrogen) atoms. The van der Waals surface area contributed by atoms with E-state index in [1.54, 1.807) is 5.57 Å². The van der Waals surface area contributed by atoms with Crippen LogP contribution in [0.2, 0.25) is 0 Å². The van der Waals surface area contributed by atoms with Gasteiger partial charge in [0.15, 0.2) is 0 Å². The van der Waals surface area contributed by atoms with E-state index in [1.807, 2.05) is 26.8 Å². The number of nitrogens with one attached hydrogen (secondary N) is 1. The van der Waals surface area contributed by atoms with Gasteiger partial charge in [0.05, 0.1) is 0 Å². The van der Waals surface area contributed by atoms with Crippen molar-refractivity contribution in [2.45, 2.75) is 84.5 Å². The van der Waals surface area contributed by atoms with Crippen LogP contribution in [0.25, 0.3) is 5.73 Å². The van der Waals surface area contributed by atoms with E-state index in [4.69, 9.17) is 5.73 Å². The zero-order chi connectivity index (χ0) is 17.8. The topological polar surface area (TPSA) is 23.8 Å². The van der Waals surface area contributed by atoms with Crippen LogP contribution < -0.4 is 24.8 Å². The maximum atomic E-state index is 7.16. The predicted octanol–water partition coefficient (Wildman–Crippen LogP) is 0.187. The molecule has 0 aromatic carbocycles. The molecule has 150 valence electrons. The number of halogens is 2. The van der Waals surface area contributed by atoms with Crippen molar-refractivity contribution in [1.29, 1.82) is 0 Å². The standard InChI is InChI=1S/C21H36N.2ClH.H2Si.Ti/c1-21(2,16-10-6-4-3-5-7-11-17-22)20-15-14-18-12-8-9-13-19(18)20;;;;/h8-9,13,18,20,22H,3-7,10-12,14-17H2,1-2H3;2*1H;1H2;/q-1;;;;+2/p-2. The third-order valence-corrected chi connectivity index (χ3v) is 5.96. The summed E-state index contributed by atoms with van der Waals surface area (Å²) in [6.07, 6.45) is 21.9. The zero-order valence-electron chi connectivity index (χ0n) is 16.8. The van der Waals surface area contributed by atoms with Crippen molar-refractivity contribution in [3.8, 4) is 0 Å². The number of hydrogen-bond acceptors (Lipinski definition) is 0. The van der Waals surface area contributed by atoms with E-state index < -0.39 is 0 Å². The summed E-state index contributed by atoms with van der Waals surface area (Å²) in [7, 11) is 1.86. The zero-order valence-corrected chi connectivity index (χ0v) is 21.3. The molecule has 0 bridgehead atoms. The summed E-state index contributed by atoms with van der Waals surface area (Å²) in [6, 6.07) is 0. The molecule has 0 heterocycles. The molecule has 2 aliphatic carbocycles. The van der Waals surface area contributed by atoms with Gasteiger partial charge in [0.25, 0.3) is 0 Å². The number of unbranched alkanes of at least 4 members (excludes halogenated alkanes) is 6. The summed E-state index contributed by atoms with van der Waals surface area (Å²) in [5.74, 6) is 1.70. The Morgan fingerprint density at radius 1 is 1.00 bits per heavy atom. The van der Waals surface area contributed by atoms with Crippen LogP contribution in [0.5, 0.6) is 0 Å². The molecule has 0 radical (unpaired) electrons. The van der Waals surface area contributed by atoms with Crippen LogP contribution in [0.3, 0.4) is 0 Å². The molecule has 1 N–H and O–H groups in total. The van der Waals surface area contributed by atoms with Gasteiger partial charge in [-0.25, -0.2) is 0 Å². The van der Waals surface area contributed by atoms with Crippen LogP contribution in [0, 0.1) is 17.3 Å². The Kier molecular flexibility index (Phi) is 18.9. The second kappa shape index (κ2) is 16.9. The van der Waals surface area contributed by atoms with E-state index in [0.717, 1.165) is 18.3 Å². The molecule has 2 rings (SSSR count). The van der Waals surface area contributed by atoms with Gasteiger partial charge in [-0.15, -0.1) is 0 Å². The summed E-state index contributed by atoms with van der Waals surface area (Å²) < 4.78 is 0. The van der Waals surface area contributed by atoms with Crippen molar-refractivity contribution in [3.05, 3.63) is 29.5 Å². The van der Waals surface area contributed by atoms with Gasteiger partial charge in [-0.3, -0.25) is 0 Å². The first-order chi connectivity index (χ1) is 11.6. The first-order valence-electron chi connectivity index (χ1n) is 10.0. The van der Waals surface area contributed by atoms with Gasteiger partial charge in [-0.2, -0.15) is 6.54 Å². The van der Waals surface area contributed by atoms with Crippen LogP contribution in [-0.4, -0.2) is 14.2 Å². The Bertz CT molecular complexity index is 413. The molecule has 0 saturated heterocycles. The van der Waals surface area contributed by atoms with E-state index in [1.165, 1.54) is 64.2 Å². The molecule has 0 aromatic heterocycles. The normalized spacial score (nSPS) is 20.9. The summed E-state index contributed by atoms with van der Waals surface area (Å²) in [5.41, 5.74) is 9.40. The maximum absolute atomic E-state index is 7.16. The van der Waals surface area contributed by atoms with Gasteiger partial charge in [-0.05, 0) is 42.9 Å². The first kappa shape index (κ1) is 29.2. The number of allylic oxidation sites excluding steroid dienone is 4. The number of rotatable bonds is 10. The van der Waals surface area contributed by atoms with E-state index in [-0.39, 0.29) is 24.8 Å². The van der Waals surface area contributed by atoms with Crippen molar-refractivity contribution in [1.82, 2.24) is 0 Å². The molecule has 0 spiro atoms.